The highest BCUT2D eigenvalue weighted by atomic mass is 19.1. The second kappa shape index (κ2) is 9.11. The van der Waals surface area contributed by atoms with Gasteiger partial charge in [0.15, 0.2) is 0 Å². The third-order valence-corrected chi connectivity index (χ3v) is 4.73. The molecule has 3 rings (SSSR count). The van der Waals surface area contributed by atoms with E-state index in [4.69, 9.17) is 4.74 Å². The summed E-state index contributed by atoms with van der Waals surface area (Å²) in [5.41, 5.74) is 2.85. The largest absolute Gasteiger partial charge is 0.373 e. The average molecular weight is 370 g/mol. The molecule has 0 aromatic heterocycles. The zero-order valence-electron chi connectivity index (χ0n) is 16.0. The lowest BCUT2D eigenvalue weighted by Gasteiger charge is -2.35. The molecule has 1 N–H and O–H groups in total. The zero-order valence-corrected chi connectivity index (χ0v) is 16.0. The van der Waals surface area contributed by atoms with Crippen LogP contribution in [0, 0.1) is 5.82 Å². The van der Waals surface area contributed by atoms with Crippen LogP contribution in [-0.4, -0.2) is 42.6 Å². The van der Waals surface area contributed by atoms with Gasteiger partial charge in [-0.25, -0.2) is 4.39 Å². The summed E-state index contributed by atoms with van der Waals surface area (Å²) < 4.78 is 18.7. The molecule has 144 valence electrons. The first-order valence-corrected chi connectivity index (χ1v) is 9.49. The van der Waals surface area contributed by atoms with Gasteiger partial charge >= 0.3 is 0 Å². The fraction of sp³-hybridized carbons (Fsp3) is 0.409. The Bertz CT molecular complexity index is 736. The molecule has 2 aromatic rings. The Morgan fingerprint density at radius 1 is 1.04 bits per heavy atom. The molecule has 2 aromatic carbocycles. The second-order valence-electron chi connectivity index (χ2n) is 7.28. The number of halogens is 1. The van der Waals surface area contributed by atoms with Crippen molar-refractivity contribution in [3.63, 3.8) is 0 Å². The molecule has 2 unspecified atom stereocenters. The number of nitrogens with zero attached hydrogens (tertiary/aromatic N) is 1. The normalized spacial score (nSPS) is 20.4. The Morgan fingerprint density at radius 3 is 2.26 bits per heavy atom. The van der Waals surface area contributed by atoms with Gasteiger partial charge in [0.05, 0.1) is 12.2 Å². The van der Waals surface area contributed by atoms with Gasteiger partial charge in [0.1, 0.15) is 5.82 Å². The van der Waals surface area contributed by atoms with Crippen LogP contribution in [0.4, 0.5) is 4.39 Å². The number of carbonyl (C=O) groups excluding carboxylic acids is 1. The monoisotopic (exact) mass is 370 g/mol. The molecular formula is C22H27FN2O2. The van der Waals surface area contributed by atoms with Crippen LogP contribution in [0.25, 0.3) is 0 Å². The number of rotatable bonds is 6. The van der Waals surface area contributed by atoms with Gasteiger partial charge in [-0.05, 0) is 55.7 Å². The number of hydrogen-bond acceptors (Lipinski definition) is 3. The van der Waals surface area contributed by atoms with Gasteiger partial charge in [0.25, 0.3) is 5.91 Å². The fourth-order valence-electron chi connectivity index (χ4n) is 3.51. The SMILES string of the molecule is CC1CN(Cc2ccc(C(=O)NCCc3ccc(F)cc3)cc2)CC(C)O1. The van der Waals surface area contributed by atoms with E-state index < -0.39 is 0 Å². The molecule has 0 radical (unpaired) electrons. The molecular weight excluding hydrogens is 343 g/mol. The van der Waals surface area contributed by atoms with E-state index in [2.05, 4.69) is 24.1 Å². The highest BCUT2D eigenvalue weighted by molar-refractivity contribution is 5.94. The van der Waals surface area contributed by atoms with Crippen LogP contribution in [0.5, 0.6) is 0 Å². The van der Waals surface area contributed by atoms with E-state index in [1.54, 1.807) is 12.1 Å². The van der Waals surface area contributed by atoms with Gasteiger partial charge in [-0.1, -0.05) is 24.3 Å². The molecule has 1 amide bonds. The Hall–Kier alpha value is -2.24. The first-order chi connectivity index (χ1) is 13.0. The van der Waals surface area contributed by atoms with Crippen molar-refractivity contribution in [3.8, 4) is 0 Å². The predicted molar refractivity (Wildman–Crippen MR) is 104 cm³/mol. The quantitative estimate of drug-likeness (QED) is 0.847. The molecule has 0 spiro atoms. The van der Waals surface area contributed by atoms with Gasteiger partial charge in [-0.2, -0.15) is 0 Å². The summed E-state index contributed by atoms with van der Waals surface area (Å²) in [6.45, 7) is 7.44. The molecule has 1 aliphatic rings. The zero-order chi connectivity index (χ0) is 19.2. The maximum Gasteiger partial charge on any atom is 0.251 e. The summed E-state index contributed by atoms with van der Waals surface area (Å²) >= 11 is 0. The van der Waals surface area contributed by atoms with Crippen molar-refractivity contribution in [2.45, 2.75) is 39.0 Å². The van der Waals surface area contributed by atoms with Gasteiger partial charge in [0, 0.05) is 31.7 Å². The summed E-state index contributed by atoms with van der Waals surface area (Å²) in [7, 11) is 0. The average Bonchev–Trinajstić information content (AvgIpc) is 2.63. The van der Waals surface area contributed by atoms with E-state index in [9.17, 15) is 9.18 Å². The molecule has 1 aliphatic heterocycles. The number of carbonyl (C=O) groups is 1. The third kappa shape index (κ3) is 5.88. The molecule has 0 aliphatic carbocycles. The minimum Gasteiger partial charge on any atom is -0.373 e. The molecule has 0 bridgehead atoms. The lowest BCUT2D eigenvalue weighted by Crippen LogP contribution is -2.44. The number of ether oxygens (including phenoxy) is 1. The van der Waals surface area contributed by atoms with Crippen molar-refractivity contribution in [2.24, 2.45) is 0 Å². The molecule has 1 fully saturated rings. The molecule has 2 atom stereocenters. The summed E-state index contributed by atoms with van der Waals surface area (Å²) in [5, 5.41) is 2.91. The number of benzene rings is 2. The summed E-state index contributed by atoms with van der Waals surface area (Å²) in [4.78, 5) is 14.7. The number of nitrogens with one attached hydrogen (secondary N) is 1. The molecule has 4 nitrogen and oxygen atoms in total. The number of morpholine rings is 1. The minimum absolute atomic E-state index is 0.0859. The van der Waals surface area contributed by atoms with Crippen molar-refractivity contribution in [1.29, 1.82) is 0 Å². The standard InChI is InChI=1S/C22H27FN2O2/c1-16-13-25(14-17(2)27-16)15-19-3-7-20(8-4-19)22(26)24-12-11-18-5-9-21(23)10-6-18/h3-10,16-17H,11-15H2,1-2H3,(H,24,26). The van der Waals surface area contributed by atoms with E-state index in [1.807, 2.05) is 24.3 Å². The van der Waals surface area contributed by atoms with Crippen LogP contribution < -0.4 is 5.32 Å². The van der Waals surface area contributed by atoms with Crippen molar-refractivity contribution in [3.05, 3.63) is 71.0 Å². The lowest BCUT2D eigenvalue weighted by molar-refractivity contribution is -0.0704. The Balaban J connectivity index is 1.47. The van der Waals surface area contributed by atoms with E-state index in [1.165, 1.54) is 17.7 Å². The first kappa shape index (κ1) is 19.5. The minimum atomic E-state index is -0.246. The third-order valence-electron chi connectivity index (χ3n) is 4.73. The van der Waals surface area contributed by atoms with Crippen LogP contribution in [0.3, 0.4) is 0 Å². The van der Waals surface area contributed by atoms with Crippen LogP contribution in [-0.2, 0) is 17.7 Å². The molecule has 1 heterocycles. The van der Waals surface area contributed by atoms with Crippen molar-refractivity contribution in [2.75, 3.05) is 19.6 Å². The lowest BCUT2D eigenvalue weighted by atomic mass is 10.1. The van der Waals surface area contributed by atoms with Gasteiger partial charge in [-0.15, -0.1) is 0 Å². The van der Waals surface area contributed by atoms with E-state index in [-0.39, 0.29) is 23.9 Å². The van der Waals surface area contributed by atoms with Gasteiger partial charge in [0.2, 0.25) is 0 Å². The number of hydrogen-bond donors (Lipinski definition) is 1. The Kier molecular flexibility index (Phi) is 6.58. The van der Waals surface area contributed by atoms with Crippen molar-refractivity contribution >= 4 is 5.91 Å². The highest BCUT2D eigenvalue weighted by Crippen LogP contribution is 2.15. The molecule has 27 heavy (non-hydrogen) atoms. The predicted octanol–water partition coefficient (Wildman–Crippen LogP) is 3.41. The van der Waals surface area contributed by atoms with Crippen molar-refractivity contribution < 1.29 is 13.9 Å². The van der Waals surface area contributed by atoms with Crippen LogP contribution in [0.1, 0.15) is 35.3 Å². The summed E-state index contributed by atoms with van der Waals surface area (Å²) in [5.74, 6) is -0.332. The fourth-order valence-corrected chi connectivity index (χ4v) is 3.51. The van der Waals surface area contributed by atoms with E-state index in [0.29, 0.717) is 18.5 Å². The second-order valence-corrected chi connectivity index (χ2v) is 7.28. The first-order valence-electron chi connectivity index (χ1n) is 9.49. The Morgan fingerprint density at radius 2 is 1.63 bits per heavy atom. The summed E-state index contributed by atoms with van der Waals surface area (Å²) in [6, 6.07) is 14.1. The van der Waals surface area contributed by atoms with Gasteiger partial charge in [-0.3, -0.25) is 9.69 Å². The smallest absolute Gasteiger partial charge is 0.251 e. The van der Waals surface area contributed by atoms with E-state index >= 15 is 0 Å². The van der Waals surface area contributed by atoms with E-state index in [0.717, 1.165) is 25.2 Å². The van der Waals surface area contributed by atoms with Crippen LogP contribution >= 0.6 is 0 Å². The van der Waals surface area contributed by atoms with Crippen LogP contribution in [0.15, 0.2) is 48.5 Å². The highest BCUT2D eigenvalue weighted by Gasteiger charge is 2.22. The molecule has 5 heteroatoms. The van der Waals surface area contributed by atoms with Gasteiger partial charge < -0.3 is 10.1 Å². The number of amides is 1. The van der Waals surface area contributed by atoms with Crippen LogP contribution in [0.2, 0.25) is 0 Å². The maximum atomic E-state index is 12.9. The Labute approximate surface area is 160 Å². The molecule has 1 saturated heterocycles. The summed E-state index contributed by atoms with van der Waals surface area (Å²) in [6.07, 6.45) is 1.18. The topological polar surface area (TPSA) is 41.6 Å². The maximum absolute atomic E-state index is 12.9. The molecule has 0 saturated carbocycles. The van der Waals surface area contributed by atoms with Crippen molar-refractivity contribution in [1.82, 2.24) is 10.2 Å².